The van der Waals surface area contributed by atoms with E-state index in [2.05, 4.69) is 5.32 Å². The molecule has 0 aliphatic rings. The van der Waals surface area contributed by atoms with E-state index in [4.69, 9.17) is 16.3 Å². The van der Waals surface area contributed by atoms with Crippen LogP contribution in [-0.4, -0.2) is 7.11 Å². The second kappa shape index (κ2) is 5.93. The Kier molecular flexibility index (Phi) is 4.45. The van der Waals surface area contributed by atoms with Crippen LogP contribution in [0.15, 0.2) is 29.6 Å². The Balaban J connectivity index is 2.22. The van der Waals surface area contributed by atoms with Gasteiger partial charge in [-0.1, -0.05) is 11.6 Å². The van der Waals surface area contributed by atoms with E-state index >= 15 is 0 Å². The molecule has 0 saturated carbocycles. The molecule has 0 atom stereocenters. The van der Waals surface area contributed by atoms with Crippen LogP contribution in [-0.2, 0) is 12.7 Å². The molecule has 0 aliphatic carbocycles. The predicted octanol–water partition coefficient (Wildman–Crippen LogP) is 5.04. The fraction of sp³-hybridized carbons (Fsp3) is 0.231. The van der Waals surface area contributed by atoms with Crippen molar-refractivity contribution in [3.8, 4) is 5.75 Å². The number of methoxy groups -OCH3 is 1. The third kappa shape index (κ3) is 3.58. The number of alkyl halides is 3. The molecule has 2 aromatic rings. The van der Waals surface area contributed by atoms with Crippen LogP contribution >= 0.6 is 22.9 Å². The van der Waals surface area contributed by atoms with Crippen molar-refractivity contribution in [2.24, 2.45) is 0 Å². The van der Waals surface area contributed by atoms with Crippen molar-refractivity contribution in [2.75, 3.05) is 12.4 Å². The Labute approximate surface area is 123 Å². The van der Waals surface area contributed by atoms with Crippen LogP contribution in [0, 0.1) is 0 Å². The first-order chi connectivity index (χ1) is 9.40. The van der Waals surface area contributed by atoms with Gasteiger partial charge < -0.3 is 10.1 Å². The summed E-state index contributed by atoms with van der Waals surface area (Å²) in [6.45, 7) is 0.285. The molecule has 0 radical (unpaired) electrons. The number of nitrogens with one attached hydrogen (secondary N) is 1. The van der Waals surface area contributed by atoms with E-state index in [0.717, 1.165) is 10.9 Å². The fourth-order valence-electron chi connectivity index (χ4n) is 1.67. The van der Waals surface area contributed by atoms with Gasteiger partial charge in [-0.2, -0.15) is 13.2 Å². The lowest BCUT2D eigenvalue weighted by atomic mass is 10.1. The van der Waals surface area contributed by atoms with E-state index < -0.39 is 11.7 Å². The number of ether oxygens (including phenoxy) is 1. The zero-order valence-corrected chi connectivity index (χ0v) is 12.0. The van der Waals surface area contributed by atoms with Gasteiger partial charge in [0.15, 0.2) is 0 Å². The maximum Gasteiger partial charge on any atom is 0.418 e. The minimum absolute atomic E-state index is 0.0165. The lowest BCUT2D eigenvalue weighted by Crippen LogP contribution is -2.10. The average molecular weight is 322 g/mol. The Morgan fingerprint density at radius 2 is 2.05 bits per heavy atom. The monoisotopic (exact) mass is 321 g/mol. The first kappa shape index (κ1) is 15.0. The molecule has 0 fully saturated rings. The summed E-state index contributed by atoms with van der Waals surface area (Å²) in [5.41, 5.74) is -0.734. The lowest BCUT2D eigenvalue weighted by molar-refractivity contribution is -0.137. The van der Waals surface area contributed by atoms with Gasteiger partial charge in [-0.05, 0) is 24.3 Å². The van der Waals surface area contributed by atoms with E-state index in [1.807, 2.05) is 0 Å². The van der Waals surface area contributed by atoms with E-state index in [9.17, 15) is 13.2 Å². The molecular formula is C13H11ClF3NOS. The van der Waals surface area contributed by atoms with Crippen LogP contribution in [0.1, 0.15) is 10.4 Å². The van der Waals surface area contributed by atoms with E-state index in [1.54, 1.807) is 11.4 Å². The van der Waals surface area contributed by atoms with Crippen molar-refractivity contribution in [3.63, 3.8) is 0 Å². The van der Waals surface area contributed by atoms with E-state index in [1.165, 1.54) is 30.6 Å². The summed E-state index contributed by atoms with van der Waals surface area (Å²) < 4.78 is 43.8. The largest absolute Gasteiger partial charge is 0.497 e. The van der Waals surface area contributed by atoms with Crippen LogP contribution in [0.2, 0.25) is 5.02 Å². The number of hydrogen-bond donors (Lipinski definition) is 1. The van der Waals surface area contributed by atoms with E-state index in [0.29, 0.717) is 5.02 Å². The highest BCUT2D eigenvalue weighted by Gasteiger charge is 2.34. The summed E-state index contributed by atoms with van der Waals surface area (Å²) in [5, 5.41) is 5.09. The minimum Gasteiger partial charge on any atom is -0.497 e. The van der Waals surface area contributed by atoms with Gasteiger partial charge in [0.25, 0.3) is 0 Å². The summed E-state index contributed by atoms with van der Waals surface area (Å²) in [7, 11) is 1.33. The Morgan fingerprint density at radius 1 is 1.30 bits per heavy atom. The molecule has 1 N–H and O–H groups in total. The van der Waals surface area contributed by atoms with Gasteiger partial charge in [0, 0.05) is 22.5 Å². The first-order valence-corrected chi connectivity index (χ1v) is 6.88. The zero-order chi connectivity index (χ0) is 14.8. The number of anilines is 1. The van der Waals surface area contributed by atoms with Crippen molar-refractivity contribution in [2.45, 2.75) is 12.7 Å². The second-order valence-corrected chi connectivity index (χ2v) is 5.43. The number of halogens is 4. The van der Waals surface area contributed by atoms with Gasteiger partial charge in [0.05, 0.1) is 17.7 Å². The lowest BCUT2D eigenvalue weighted by Gasteiger charge is -2.15. The molecule has 0 spiro atoms. The van der Waals surface area contributed by atoms with Crippen molar-refractivity contribution >= 4 is 28.6 Å². The fourth-order valence-corrected chi connectivity index (χ4v) is 2.68. The number of thiophene rings is 1. The highest BCUT2D eigenvalue weighted by atomic mass is 35.5. The van der Waals surface area contributed by atoms with Crippen LogP contribution in [0.4, 0.5) is 18.9 Å². The molecule has 2 nitrogen and oxygen atoms in total. The van der Waals surface area contributed by atoms with Gasteiger partial charge in [0.2, 0.25) is 0 Å². The molecule has 2 rings (SSSR count). The van der Waals surface area contributed by atoms with Crippen LogP contribution in [0.25, 0.3) is 0 Å². The van der Waals surface area contributed by atoms with Gasteiger partial charge in [0.1, 0.15) is 5.75 Å². The first-order valence-electron chi connectivity index (χ1n) is 5.62. The summed E-state index contributed by atoms with van der Waals surface area (Å²) in [4.78, 5) is 0.860. The summed E-state index contributed by atoms with van der Waals surface area (Å²) in [6.07, 6.45) is -4.44. The van der Waals surface area contributed by atoms with Crippen molar-refractivity contribution < 1.29 is 17.9 Å². The second-order valence-electron chi connectivity index (χ2n) is 3.99. The van der Waals surface area contributed by atoms with Gasteiger partial charge in [-0.15, -0.1) is 11.3 Å². The third-order valence-corrected chi connectivity index (χ3v) is 3.89. The highest BCUT2D eigenvalue weighted by Crippen LogP contribution is 2.37. The Hall–Kier alpha value is -1.40. The molecular weight excluding hydrogens is 311 g/mol. The molecule has 1 aromatic heterocycles. The molecule has 108 valence electrons. The molecule has 0 aliphatic heterocycles. The molecule has 20 heavy (non-hydrogen) atoms. The van der Waals surface area contributed by atoms with E-state index in [-0.39, 0.29) is 18.0 Å². The summed E-state index contributed by atoms with van der Waals surface area (Å²) in [6, 6.07) is 5.54. The maximum absolute atomic E-state index is 13.0. The maximum atomic E-state index is 13.0. The molecule has 1 heterocycles. The van der Waals surface area contributed by atoms with Crippen molar-refractivity contribution in [1.29, 1.82) is 0 Å². The molecule has 0 bridgehead atoms. The van der Waals surface area contributed by atoms with Crippen molar-refractivity contribution in [1.82, 2.24) is 0 Å². The molecule has 1 aromatic carbocycles. The van der Waals surface area contributed by atoms with Gasteiger partial charge in [-0.3, -0.25) is 0 Å². The molecule has 7 heteroatoms. The highest BCUT2D eigenvalue weighted by molar-refractivity contribution is 7.10. The average Bonchev–Trinajstić information content (AvgIpc) is 2.81. The quantitative estimate of drug-likeness (QED) is 0.851. The number of benzene rings is 1. The third-order valence-electron chi connectivity index (χ3n) is 2.61. The smallest absolute Gasteiger partial charge is 0.418 e. The van der Waals surface area contributed by atoms with Crippen LogP contribution < -0.4 is 10.1 Å². The van der Waals surface area contributed by atoms with Crippen molar-refractivity contribution in [3.05, 3.63) is 45.1 Å². The Bertz CT molecular complexity index is 598. The predicted molar refractivity (Wildman–Crippen MR) is 74.7 cm³/mol. The zero-order valence-electron chi connectivity index (χ0n) is 10.4. The number of rotatable bonds is 4. The SMILES string of the molecule is COc1ccc(NCc2cc(Cl)cs2)c(C(F)(F)F)c1. The summed E-state index contributed by atoms with van der Waals surface area (Å²) >= 11 is 7.16. The molecule has 0 saturated heterocycles. The standard InChI is InChI=1S/C13H11ClF3NOS/c1-19-9-2-3-12(11(5-9)13(15,16)17)18-6-10-4-8(14)7-20-10/h2-5,7,18H,6H2,1H3. The Morgan fingerprint density at radius 3 is 2.60 bits per heavy atom. The van der Waals surface area contributed by atoms with Gasteiger partial charge in [-0.25, -0.2) is 0 Å². The van der Waals surface area contributed by atoms with Gasteiger partial charge >= 0.3 is 6.18 Å². The normalized spacial score (nSPS) is 11.4. The molecule has 0 amide bonds. The minimum atomic E-state index is -4.44. The molecule has 0 unspecified atom stereocenters. The topological polar surface area (TPSA) is 21.3 Å². The number of hydrogen-bond acceptors (Lipinski definition) is 3. The summed E-state index contributed by atoms with van der Waals surface area (Å²) in [5.74, 6) is 0.169. The van der Waals surface area contributed by atoms with Crippen LogP contribution in [0.5, 0.6) is 5.75 Å². The van der Waals surface area contributed by atoms with Crippen LogP contribution in [0.3, 0.4) is 0 Å².